The normalized spacial score (nSPS) is 18.2. The molecule has 1 aliphatic rings. The van der Waals surface area contributed by atoms with Crippen molar-refractivity contribution < 1.29 is 9.90 Å². The van der Waals surface area contributed by atoms with Crippen LogP contribution in [0.5, 0.6) is 0 Å². The molecule has 2 heterocycles. The topological polar surface area (TPSA) is 70.4 Å². The van der Waals surface area contributed by atoms with Gasteiger partial charge in [-0.25, -0.2) is 4.79 Å². The lowest BCUT2D eigenvalue weighted by molar-refractivity contribution is 0.125. The van der Waals surface area contributed by atoms with Gasteiger partial charge in [0.15, 0.2) is 0 Å². The Morgan fingerprint density at radius 3 is 2.88 bits per heavy atom. The van der Waals surface area contributed by atoms with Gasteiger partial charge >= 0.3 is 6.03 Å². The smallest absolute Gasteiger partial charge is 0.318 e. The van der Waals surface area contributed by atoms with Gasteiger partial charge in [-0.2, -0.15) is 5.10 Å². The average molecular weight is 328 g/mol. The Morgan fingerprint density at radius 1 is 1.46 bits per heavy atom. The van der Waals surface area contributed by atoms with E-state index >= 15 is 0 Å². The average Bonchev–Trinajstić information content (AvgIpc) is 2.92. The summed E-state index contributed by atoms with van der Waals surface area (Å²) in [6, 6.07) is 7.42. The van der Waals surface area contributed by atoms with Gasteiger partial charge in [0.2, 0.25) is 0 Å². The highest BCUT2D eigenvalue weighted by Gasteiger charge is 2.31. The quantitative estimate of drug-likeness (QED) is 0.906. The first-order chi connectivity index (χ1) is 11.5. The molecule has 2 amide bonds. The second kappa shape index (κ2) is 6.65. The lowest BCUT2D eigenvalue weighted by Crippen LogP contribution is -2.47. The molecule has 2 aromatic rings. The van der Waals surface area contributed by atoms with Crippen LogP contribution in [0.3, 0.4) is 0 Å². The first-order valence-electron chi connectivity index (χ1n) is 8.27. The number of benzene rings is 1. The van der Waals surface area contributed by atoms with Crippen LogP contribution in [0.1, 0.15) is 41.4 Å². The van der Waals surface area contributed by atoms with E-state index < -0.39 is 0 Å². The summed E-state index contributed by atoms with van der Waals surface area (Å²) in [4.78, 5) is 14.5. The van der Waals surface area contributed by atoms with E-state index in [2.05, 4.69) is 16.5 Å². The number of carbonyl (C=O) groups excluding carboxylic acids is 1. The maximum atomic E-state index is 12.8. The lowest BCUT2D eigenvalue weighted by Gasteiger charge is -2.37. The second-order valence-corrected chi connectivity index (χ2v) is 6.36. The molecule has 1 aromatic carbocycles. The van der Waals surface area contributed by atoms with Gasteiger partial charge in [-0.05, 0) is 31.4 Å². The molecule has 0 bridgehead atoms. The van der Waals surface area contributed by atoms with Crippen molar-refractivity contribution in [1.29, 1.82) is 0 Å². The molecule has 1 aliphatic heterocycles. The molecule has 2 N–H and O–H groups in total. The Labute approximate surface area is 142 Å². The number of aliphatic hydroxyl groups is 1. The van der Waals surface area contributed by atoms with Gasteiger partial charge in [0, 0.05) is 25.4 Å². The second-order valence-electron chi connectivity index (χ2n) is 6.36. The zero-order chi connectivity index (χ0) is 17.3. The largest absolute Gasteiger partial charge is 0.394 e. The molecule has 6 heteroatoms. The first-order valence-corrected chi connectivity index (χ1v) is 8.27. The number of carbonyl (C=O) groups is 1. The SMILES string of the molecule is Cc1nn(C)cc1[C@H](C)NC(=O)N1CCc2ccccc2[C@@H]1CO. The monoisotopic (exact) mass is 328 g/mol. The number of nitrogens with zero attached hydrogens (tertiary/aromatic N) is 3. The third-order valence-corrected chi connectivity index (χ3v) is 4.70. The number of amides is 2. The number of hydrogen-bond donors (Lipinski definition) is 2. The first kappa shape index (κ1) is 16.5. The molecule has 0 saturated carbocycles. The predicted molar refractivity (Wildman–Crippen MR) is 91.6 cm³/mol. The van der Waals surface area contributed by atoms with Gasteiger partial charge < -0.3 is 15.3 Å². The minimum absolute atomic E-state index is 0.0786. The summed E-state index contributed by atoms with van der Waals surface area (Å²) in [6.45, 7) is 4.41. The molecule has 0 unspecified atom stereocenters. The fraction of sp³-hybridized carbons (Fsp3) is 0.444. The Morgan fingerprint density at radius 2 is 2.21 bits per heavy atom. The molecule has 0 saturated heterocycles. The Hall–Kier alpha value is -2.34. The highest BCUT2D eigenvalue weighted by molar-refractivity contribution is 5.76. The fourth-order valence-corrected chi connectivity index (χ4v) is 3.48. The summed E-state index contributed by atoms with van der Waals surface area (Å²) in [7, 11) is 1.87. The lowest BCUT2D eigenvalue weighted by atomic mass is 9.93. The van der Waals surface area contributed by atoms with E-state index in [-0.39, 0.29) is 24.7 Å². The van der Waals surface area contributed by atoms with Gasteiger partial charge in [0.1, 0.15) is 0 Å². The standard InChI is InChI=1S/C18H24N4O2/c1-12(16-10-21(3)20-13(16)2)19-18(24)22-9-8-14-6-4-5-7-15(14)17(22)11-23/h4-7,10,12,17,23H,8-9,11H2,1-3H3,(H,19,24)/t12-,17-/m0/s1. The van der Waals surface area contributed by atoms with Crippen molar-refractivity contribution in [3.05, 3.63) is 52.8 Å². The van der Waals surface area contributed by atoms with Crippen LogP contribution in [-0.2, 0) is 13.5 Å². The highest BCUT2D eigenvalue weighted by atomic mass is 16.3. The molecular weight excluding hydrogens is 304 g/mol. The number of urea groups is 1. The van der Waals surface area contributed by atoms with Crippen molar-refractivity contribution in [3.8, 4) is 0 Å². The summed E-state index contributed by atoms with van der Waals surface area (Å²) < 4.78 is 1.75. The number of rotatable bonds is 3. The van der Waals surface area contributed by atoms with E-state index in [1.165, 1.54) is 5.56 Å². The molecule has 6 nitrogen and oxygen atoms in total. The fourth-order valence-electron chi connectivity index (χ4n) is 3.48. The Kier molecular flexibility index (Phi) is 4.57. The summed E-state index contributed by atoms with van der Waals surface area (Å²) in [5, 5.41) is 17.2. The maximum Gasteiger partial charge on any atom is 0.318 e. The van der Waals surface area contributed by atoms with Gasteiger partial charge in [-0.3, -0.25) is 4.68 Å². The molecule has 0 spiro atoms. The number of aromatic nitrogens is 2. The van der Waals surface area contributed by atoms with Gasteiger partial charge in [0.05, 0.1) is 24.4 Å². The van der Waals surface area contributed by atoms with Crippen molar-refractivity contribution in [2.24, 2.45) is 7.05 Å². The number of aliphatic hydroxyl groups excluding tert-OH is 1. The minimum atomic E-state index is -0.294. The number of fused-ring (bicyclic) bond motifs is 1. The van der Waals surface area contributed by atoms with E-state index in [4.69, 9.17) is 0 Å². The van der Waals surface area contributed by atoms with E-state index in [1.807, 2.05) is 45.3 Å². The third-order valence-electron chi connectivity index (χ3n) is 4.70. The van der Waals surface area contributed by atoms with Crippen LogP contribution in [0.25, 0.3) is 0 Å². The van der Waals surface area contributed by atoms with Crippen molar-refractivity contribution in [2.75, 3.05) is 13.2 Å². The van der Waals surface area contributed by atoms with Crippen molar-refractivity contribution in [1.82, 2.24) is 20.0 Å². The highest BCUT2D eigenvalue weighted by Crippen LogP contribution is 2.29. The van der Waals surface area contributed by atoms with Crippen molar-refractivity contribution in [3.63, 3.8) is 0 Å². The van der Waals surface area contributed by atoms with Crippen LogP contribution in [0, 0.1) is 6.92 Å². The van der Waals surface area contributed by atoms with Crippen molar-refractivity contribution in [2.45, 2.75) is 32.4 Å². The molecule has 0 aliphatic carbocycles. The molecule has 128 valence electrons. The molecule has 2 atom stereocenters. The van der Waals surface area contributed by atoms with Crippen LogP contribution in [0.15, 0.2) is 30.5 Å². The zero-order valence-corrected chi connectivity index (χ0v) is 14.4. The van der Waals surface area contributed by atoms with E-state index in [0.717, 1.165) is 23.2 Å². The predicted octanol–water partition coefficient (Wildman–Crippen LogP) is 2.09. The van der Waals surface area contributed by atoms with Crippen LogP contribution in [0.2, 0.25) is 0 Å². The van der Waals surface area contributed by atoms with Crippen LogP contribution < -0.4 is 5.32 Å². The Balaban J connectivity index is 1.76. The summed E-state index contributed by atoms with van der Waals surface area (Å²) in [6.07, 6.45) is 2.73. The van der Waals surface area contributed by atoms with Gasteiger partial charge in [-0.15, -0.1) is 0 Å². The number of nitrogens with one attached hydrogen (secondary N) is 1. The zero-order valence-electron chi connectivity index (χ0n) is 14.4. The van der Waals surface area contributed by atoms with E-state index in [0.29, 0.717) is 6.54 Å². The number of aryl methyl sites for hydroxylation is 2. The van der Waals surface area contributed by atoms with Gasteiger partial charge in [-0.1, -0.05) is 24.3 Å². The molecule has 0 radical (unpaired) electrons. The summed E-state index contributed by atoms with van der Waals surface area (Å²) in [5.41, 5.74) is 4.15. The molecule has 1 aromatic heterocycles. The molecule has 24 heavy (non-hydrogen) atoms. The summed E-state index contributed by atoms with van der Waals surface area (Å²) in [5.74, 6) is 0. The third kappa shape index (κ3) is 3.01. The van der Waals surface area contributed by atoms with E-state index in [9.17, 15) is 9.90 Å². The Bertz CT molecular complexity index is 740. The van der Waals surface area contributed by atoms with Crippen molar-refractivity contribution >= 4 is 6.03 Å². The van der Waals surface area contributed by atoms with Crippen LogP contribution >= 0.6 is 0 Å². The molecule has 3 rings (SSSR count). The number of hydrogen-bond acceptors (Lipinski definition) is 3. The van der Waals surface area contributed by atoms with E-state index in [1.54, 1.807) is 9.58 Å². The van der Waals surface area contributed by atoms with Gasteiger partial charge in [0.25, 0.3) is 0 Å². The van der Waals surface area contributed by atoms with Crippen LogP contribution in [-0.4, -0.2) is 39.0 Å². The summed E-state index contributed by atoms with van der Waals surface area (Å²) >= 11 is 0. The maximum absolute atomic E-state index is 12.8. The van der Waals surface area contributed by atoms with Crippen LogP contribution in [0.4, 0.5) is 4.79 Å². The molecule has 0 fully saturated rings. The molecular formula is C18H24N4O2. The minimum Gasteiger partial charge on any atom is -0.394 e.